The van der Waals surface area contributed by atoms with Crippen molar-refractivity contribution < 1.29 is 9.47 Å². The highest BCUT2D eigenvalue weighted by molar-refractivity contribution is 5.48. The van der Waals surface area contributed by atoms with Gasteiger partial charge in [0.05, 0.1) is 0 Å². The van der Waals surface area contributed by atoms with Crippen LogP contribution in [0.2, 0.25) is 0 Å². The Bertz CT molecular complexity index is 1360. The summed E-state index contributed by atoms with van der Waals surface area (Å²) >= 11 is 0. The minimum Gasteiger partial charge on any atom is -0.457 e. The third-order valence-corrected chi connectivity index (χ3v) is 9.93. The van der Waals surface area contributed by atoms with E-state index in [9.17, 15) is 0 Å². The largest absolute Gasteiger partial charge is 0.457 e. The van der Waals surface area contributed by atoms with E-state index >= 15 is 0 Å². The first-order chi connectivity index (χ1) is 22.5. The van der Waals surface area contributed by atoms with E-state index in [0.29, 0.717) is 11.4 Å². The van der Waals surface area contributed by atoms with Crippen LogP contribution in [0.5, 0.6) is 23.0 Å². The summed E-state index contributed by atoms with van der Waals surface area (Å²) in [5.74, 6) is 3.98. The summed E-state index contributed by atoms with van der Waals surface area (Å²) in [6, 6.07) is 32.7. The molecule has 4 N–H and O–H groups in total. The number of unbranched alkanes of at least 4 members (excludes halogenated alkanes) is 9. The van der Waals surface area contributed by atoms with Crippen molar-refractivity contribution in [3.63, 3.8) is 0 Å². The highest BCUT2D eigenvalue weighted by Gasteiger charge is 2.38. The van der Waals surface area contributed by atoms with Gasteiger partial charge in [-0.25, -0.2) is 0 Å². The van der Waals surface area contributed by atoms with Gasteiger partial charge in [0, 0.05) is 28.9 Å². The summed E-state index contributed by atoms with van der Waals surface area (Å²) in [5.41, 5.74) is 16.0. The average Bonchev–Trinajstić information content (AvgIpc) is 3.07. The lowest BCUT2D eigenvalue weighted by molar-refractivity contribution is 0.250. The molecule has 0 saturated heterocycles. The topological polar surface area (TPSA) is 70.5 Å². The monoisotopic (exact) mass is 618 g/mol. The molecular formula is C42H54N2O2. The van der Waals surface area contributed by atoms with Crippen molar-refractivity contribution in [2.24, 2.45) is 5.92 Å². The molecule has 46 heavy (non-hydrogen) atoms. The Balaban J connectivity index is 1.22. The Kier molecular flexibility index (Phi) is 12.4. The Labute approximate surface area is 277 Å². The third-order valence-electron chi connectivity index (χ3n) is 9.93. The number of anilines is 2. The number of ether oxygens (including phenoxy) is 2. The normalized spacial score (nSPS) is 14.6. The van der Waals surface area contributed by atoms with Crippen LogP contribution in [0.1, 0.15) is 114 Å². The third kappa shape index (κ3) is 9.55. The van der Waals surface area contributed by atoms with E-state index in [2.05, 4.69) is 55.5 Å². The zero-order valence-electron chi connectivity index (χ0n) is 27.9. The molecule has 1 saturated carbocycles. The number of rotatable bonds is 17. The lowest BCUT2D eigenvalue weighted by atomic mass is 9.62. The summed E-state index contributed by atoms with van der Waals surface area (Å²) in [7, 11) is 0. The van der Waals surface area contributed by atoms with Crippen molar-refractivity contribution in [1.29, 1.82) is 0 Å². The molecule has 1 aliphatic carbocycles. The van der Waals surface area contributed by atoms with Crippen molar-refractivity contribution in [3.05, 3.63) is 108 Å². The van der Waals surface area contributed by atoms with Crippen LogP contribution in [0.4, 0.5) is 11.4 Å². The molecule has 0 amide bonds. The van der Waals surface area contributed by atoms with Gasteiger partial charge in [0.1, 0.15) is 23.0 Å². The van der Waals surface area contributed by atoms with E-state index in [1.807, 2.05) is 48.5 Å². The quantitative estimate of drug-likeness (QED) is 0.0912. The lowest BCUT2D eigenvalue weighted by Crippen LogP contribution is -2.33. The molecule has 4 aromatic carbocycles. The Morgan fingerprint density at radius 1 is 0.543 bits per heavy atom. The fourth-order valence-corrected chi connectivity index (χ4v) is 7.24. The molecule has 0 aliphatic heterocycles. The smallest absolute Gasteiger partial charge is 0.129 e. The van der Waals surface area contributed by atoms with E-state index in [1.54, 1.807) is 0 Å². The molecule has 1 fully saturated rings. The second kappa shape index (κ2) is 17.1. The molecule has 0 atom stereocenters. The molecule has 4 nitrogen and oxygen atoms in total. The summed E-state index contributed by atoms with van der Waals surface area (Å²) in [6.45, 7) is 2.29. The fraction of sp³-hybridized carbons (Fsp3) is 0.429. The first-order valence-electron chi connectivity index (χ1n) is 17.8. The van der Waals surface area contributed by atoms with Crippen LogP contribution in [0.3, 0.4) is 0 Å². The van der Waals surface area contributed by atoms with Gasteiger partial charge in [0.15, 0.2) is 0 Å². The summed E-state index contributed by atoms with van der Waals surface area (Å²) in [5, 5.41) is 0. The second-order valence-corrected chi connectivity index (χ2v) is 13.4. The first-order valence-corrected chi connectivity index (χ1v) is 17.8. The maximum atomic E-state index is 6.13. The van der Waals surface area contributed by atoms with Gasteiger partial charge < -0.3 is 20.9 Å². The van der Waals surface area contributed by atoms with Crippen LogP contribution in [0, 0.1) is 5.92 Å². The number of hydrogen-bond acceptors (Lipinski definition) is 4. The molecule has 0 aromatic heterocycles. The maximum Gasteiger partial charge on any atom is 0.129 e. The van der Waals surface area contributed by atoms with Crippen molar-refractivity contribution in [1.82, 2.24) is 0 Å². The fourth-order valence-electron chi connectivity index (χ4n) is 7.24. The lowest BCUT2D eigenvalue weighted by Gasteiger charge is -2.41. The molecule has 0 bridgehead atoms. The summed E-state index contributed by atoms with van der Waals surface area (Å²) < 4.78 is 12.3. The van der Waals surface area contributed by atoms with E-state index in [-0.39, 0.29) is 5.41 Å². The zero-order chi connectivity index (χ0) is 32.0. The molecule has 0 spiro atoms. The van der Waals surface area contributed by atoms with Gasteiger partial charge in [-0.1, -0.05) is 114 Å². The Morgan fingerprint density at radius 3 is 1.41 bits per heavy atom. The zero-order valence-corrected chi connectivity index (χ0v) is 27.9. The van der Waals surface area contributed by atoms with E-state index in [0.717, 1.165) is 41.8 Å². The minimum atomic E-state index is -0.0281. The van der Waals surface area contributed by atoms with Gasteiger partial charge in [-0.2, -0.15) is 0 Å². The van der Waals surface area contributed by atoms with Gasteiger partial charge in [0.2, 0.25) is 0 Å². The molecule has 5 rings (SSSR count). The molecule has 0 unspecified atom stereocenters. The predicted octanol–water partition coefficient (Wildman–Crippen LogP) is 12.2. The van der Waals surface area contributed by atoms with Crippen molar-refractivity contribution in [3.8, 4) is 23.0 Å². The number of hydrogen-bond donors (Lipinski definition) is 2. The van der Waals surface area contributed by atoms with Crippen LogP contribution in [0.15, 0.2) is 97.1 Å². The SMILES string of the molecule is CCCCCCCCCCCCC1CCC(c2ccc(Oc3cccc(N)c3)cc2)(c2ccc(Oc3cccc(N)c3)cc2)CC1. The molecular weight excluding hydrogens is 564 g/mol. The number of benzene rings is 4. The van der Waals surface area contributed by atoms with Crippen LogP contribution in [-0.4, -0.2) is 0 Å². The van der Waals surface area contributed by atoms with E-state index in [1.165, 1.54) is 94.6 Å². The highest BCUT2D eigenvalue weighted by Crippen LogP contribution is 2.48. The number of nitrogen functional groups attached to an aromatic ring is 2. The Hall–Kier alpha value is -3.92. The number of nitrogens with two attached hydrogens (primary N) is 2. The standard InChI is InChI=1S/C42H54N2O2/c1-2-3-4-5-6-7-8-9-10-11-14-33-27-29-42(30-28-33,34-19-23-38(24-20-34)45-40-17-12-15-36(43)31-40)35-21-25-39(26-22-35)46-41-18-13-16-37(44)32-41/h12-13,15-26,31-33H,2-11,14,27-30,43-44H2,1H3. The highest BCUT2D eigenvalue weighted by atomic mass is 16.5. The molecule has 1 aliphatic rings. The molecule has 0 radical (unpaired) electrons. The van der Waals surface area contributed by atoms with Crippen LogP contribution in [-0.2, 0) is 5.41 Å². The van der Waals surface area contributed by atoms with Gasteiger partial charge in [0.25, 0.3) is 0 Å². The van der Waals surface area contributed by atoms with Gasteiger partial charge in [-0.05, 0) is 91.3 Å². The van der Waals surface area contributed by atoms with Crippen molar-refractivity contribution >= 4 is 11.4 Å². The maximum absolute atomic E-state index is 6.13. The molecule has 0 heterocycles. The van der Waals surface area contributed by atoms with Gasteiger partial charge in [-0.15, -0.1) is 0 Å². The van der Waals surface area contributed by atoms with E-state index in [4.69, 9.17) is 20.9 Å². The van der Waals surface area contributed by atoms with E-state index < -0.39 is 0 Å². The van der Waals surface area contributed by atoms with Crippen molar-refractivity contribution in [2.45, 2.75) is 109 Å². The second-order valence-electron chi connectivity index (χ2n) is 13.4. The Morgan fingerprint density at radius 2 is 0.978 bits per heavy atom. The van der Waals surface area contributed by atoms with Crippen molar-refractivity contribution in [2.75, 3.05) is 11.5 Å². The predicted molar refractivity (Wildman–Crippen MR) is 194 cm³/mol. The first kappa shape index (κ1) is 33.4. The van der Waals surface area contributed by atoms with Gasteiger partial charge >= 0.3 is 0 Å². The van der Waals surface area contributed by atoms with Crippen LogP contribution < -0.4 is 20.9 Å². The summed E-state index contributed by atoms with van der Waals surface area (Å²) in [4.78, 5) is 0. The van der Waals surface area contributed by atoms with Crippen LogP contribution in [0.25, 0.3) is 0 Å². The minimum absolute atomic E-state index is 0.0281. The molecule has 244 valence electrons. The molecule has 4 heteroatoms. The molecule has 4 aromatic rings. The average molecular weight is 619 g/mol. The summed E-state index contributed by atoms with van der Waals surface area (Å²) in [6.07, 6.45) is 20.2. The van der Waals surface area contributed by atoms with Crippen LogP contribution >= 0.6 is 0 Å². The van der Waals surface area contributed by atoms with Gasteiger partial charge in [-0.3, -0.25) is 0 Å².